The van der Waals surface area contributed by atoms with Gasteiger partial charge >= 0.3 is 5.69 Å². The van der Waals surface area contributed by atoms with Gasteiger partial charge in [0.1, 0.15) is 17.4 Å². The van der Waals surface area contributed by atoms with Gasteiger partial charge in [0.2, 0.25) is 0 Å². The second-order valence-corrected chi connectivity index (χ2v) is 11.5. The summed E-state index contributed by atoms with van der Waals surface area (Å²) >= 11 is 6.55. The van der Waals surface area contributed by atoms with E-state index >= 15 is 0 Å². The van der Waals surface area contributed by atoms with Crippen molar-refractivity contribution in [3.63, 3.8) is 0 Å². The van der Waals surface area contributed by atoms with Crippen LogP contribution in [0.15, 0.2) is 59.8 Å². The number of phenols is 1. The van der Waals surface area contributed by atoms with Gasteiger partial charge in [-0.1, -0.05) is 17.7 Å². The Bertz CT molecular complexity index is 1680. The number of aromatic hydroxyl groups is 1. The van der Waals surface area contributed by atoms with E-state index in [2.05, 4.69) is 28.6 Å². The average molecular weight is 563 g/mol. The lowest BCUT2D eigenvalue weighted by atomic mass is 9.82. The van der Waals surface area contributed by atoms with Crippen molar-refractivity contribution >= 4 is 23.1 Å². The van der Waals surface area contributed by atoms with E-state index in [1.165, 1.54) is 21.3 Å². The first-order valence-electron chi connectivity index (χ1n) is 13.4. The van der Waals surface area contributed by atoms with Crippen molar-refractivity contribution in [3.8, 4) is 33.7 Å². The van der Waals surface area contributed by atoms with Crippen LogP contribution in [0.1, 0.15) is 26.7 Å². The quantitative estimate of drug-likeness (QED) is 0.354. The number of imidazole rings is 1. The number of rotatable bonds is 5. The van der Waals surface area contributed by atoms with Gasteiger partial charge in [-0.05, 0) is 62.6 Å². The van der Waals surface area contributed by atoms with E-state index in [1.54, 1.807) is 43.8 Å². The Hall–Kier alpha value is -3.82. The fourth-order valence-corrected chi connectivity index (χ4v) is 6.56. The number of nitrogen functional groups attached to an aromatic ring is 1. The highest BCUT2D eigenvalue weighted by Gasteiger charge is 2.50. The van der Waals surface area contributed by atoms with Gasteiger partial charge in [0, 0.05) is 73.5 Å². The minimum absolute atomic E-state index is 0.0949. The molecule has 40 heavy (non-hydrogen) atoms. The van der Waals surface area contributed by atoms with Gasteiger partial charge in [-0.25, -0.2) is 14.2 Å². The van der Waals surface area contributed by atoms with Gasteiger partial charge in [-0.15, -0.1) is 0 Å². The van der Waals surface area contributed by atoms with Gasteiger partial charge in [0.05, 0.1) is 16.4 Å². The van der Waals surface area contributed by atoms with E-state index < -0.39 is 5.82 Å². The highest BCUT2D eigenvalue weighted by Crippen LogP contribution is 2.45. The summed E-state index contributed by atoms with van der Waals surface area (Å²) in [5.74, 6) is -0.198. The molecule has 3 N–H and O–H groups in total. The minimum Gasteiger partial charge on any atom is -0.507 e. The zero-order chi connectivity index (χ0) is 28.3. The summed E-state index contributed by atoms with van der Waals surface area (Å²) in [5.41, 5.74) is 9.19. The number of benzene rings is 2. The van der Waals surface area contributed by atoms with Crippen molar-refractivity contribution in [2.45, 2.75) is 38.3 Å². The Kier molecular flexibility index (Phi) is 6.39. The lowest BCUT2D eigenvalue weighted by Gasteiger charge is -2.53. The summed E-state index contributed by atoms with van der Waals surface area (Å²) in [7, 11) is 1.65. The van der Waals surface area contributed by atoms with Crippen LogP contribution in [0.2, 0.25) is 5.02 Å². The second-order valence-electron chi connectivity index (χ2n) is 11.1. The molecule has 6 rings (SSSR count). The number of nitrogens with zero attached hydrogens (tertiary/aromatic N) is 5. The van der Waals surface area contributed by atoms with Crippen LogP contribution < -0.4 is 16.3 Å². The SMILES string of the molecule is CC(C)N1CCC12CCN(c1cc(-c3cc(F)cc(-c4ccc(-n5ccn(C)c5=O)c(Cl)c4)c3O)cnc1N)C2. The van der Waals surface area contributed by atoms with Crippen molar-refractivity contribution in [3.05, 3.63) is 76.3 Å². The van der Waals surface area contributed by atoms with E-state index in [0.717, 1.165) is 38.2 Å². The number of hydrogen-bond acceptors (Lipinski definition) is 6. The number of halogens is 2. The Morgan fingerprint density at radius 1 is 1.05 bits per heavy atom. The third-order valence-electron chi connectivity index (χ3n) is 8.47. The Morgan fingerprint density at radius 3 is 2.40 bits per heavy atom. The number of phenolic OH excluding ortho intramolecular Hbond substituents is 1. The molecule has 4 aromatic rings. The molecule has 2 fully saturated rings. The highest BCUT2D eigenvalue weighted by molar-refractivity contribution is 6.32. The van der Waals surface area contributed by atoms with E-state index in [1.807, 2.05) is 6.07 Å². The van der Waals surface area contributed by atoms with Crippen LogP contribution in [-0.2, 0) is 7.05 Å². The molecule has 0 aliphatic carbocycles. The molecule has 208 valence electrons. The lowest BCUT2D eigenvalue weighted by Crippen LogP contribution is -2.63. The number of pyridine rings is 1. The van der Waals surface area contributed by atoms with Crippen molar-refractivity contribution in [1.82, 2.24) is 19.0 Å². The molecular formula is C30H32ClFN6O2. The zero-order valence-electron chi connectivity index (χ0n) is 22.7. The number of anilines is 2. The predicted octanol–water partition coefficient (Wildman–Crippen LogP) is 5.05. The number of likely N-dealkylation sites (tertiary alicyclic amines) is 1. The number of aryl methyl sites for hydroxylation is 1. The molecule has 0 saturated carbocycles. The summed E-state index contributed by atoms with van der Waals surface area (Å²) < 4.78 is 17.9. The number of aromatic nitrogens is 3. The minimum atomic E-state index is -0.511. The fourth-order valence-electron chi connectivity index (χ4n) is 6.28. The van der Waals surface area contributed by atoms with Crippen LogP contribution in [0.3, 0.4) is 0 Å². The molecule has 0 bridgehead atoms. The van der Waals surface area contributed by atoms with Crippen molar-refractivity contribution in [1.29, 1.82) is 0 Å². The van der Waals surface area contributed by atoms with Gasteiger partial charge in [-0.3, -0.25) is 9.47 Å². The van der Waals surface area contributed by atoms with E-state index in [0.29, 0.717) is 39.3 Å². The van der Waals surface area contributed by atoms with Crippen molar-refractivity contribution < 1.29 is 9.50 Å². The molecule has 2 saturated heterocycles. The first-order valence-corrected chi connectivity index (χ1v) is 13.8. The maximum atomic E-state index is 15.0. The second kappa shape index (κ2) is 9.67. The van der Waals surface area contributed by atoms with Crippen molar-refractivity contribution in [2.75, 3.05) is 30.3 Å². The van der Waals surface area contributed by atoms with Gasteiger partial charge in [-0.2, -0.15) is 0 Å². The predicted molar refractivity (Wildman–Crippen MR) is 157 cm³/mol. The molecule has 10 heteroatoms. The zero-order valence-corrected chi connectivity index (χ0v) is 23.5. The lowest BCUT2D eigenvalue weighted by molar-refractivity contribution is -0.0237. The molecule has 2 aliphatic rings. The molecule has 2 aromatic heterocycles. The molecule has 1 atom stereocenters. The van der Waals surface area contributed by atoms with Crippen LogP contribution in [0, 0.1) is 5.82 Å². The summed E-state index contributed by atoms with van der Waals surface area (Å²) in [6, 6.07) is 9.93. The molecule has 0 amide bonds. The monoisotopic (exact) mass is 562 g/mol. The largest absolute Gasteiger partial charge is 0.507 e. The van der Waals surface area contributed by atoms with Crippen molar-refractivity contribution in [2.24, 2.45) is 7.05 Å². The first-order chi connectivity index (χ1) is 19.1. The summed E-state index contributed by atoms with van der Waals surface area (Å²) in [6.45, 7) is 7.27. The van der Waals surface area contributed by atoms with E-state index in [4.69, 9.17) is 17.3 Å². The summed E-state index contributed by atoms with van der Waals surface area (Å²) in [5, 5.41) is 11.6. The third kappa shape index (κ3) is 4.24. The van der Waals surface area contributed by atoms with Gasteiger partial charge in [0.25, 0.3) is 0 Å². The Balaban J connectivity index is 1.35. The molecule has 0 radical (unpaired) electrons. The summed E-state index contributed by atoms with van der Waals surface area (Å²) in [6.07, 6.45) is 7.03. The Morgan fingerprint density at radius 2 is 1.77 bits per heavy atom. The maximum absolute atomic E-state index is 15.0. The molecule has 1 unspecified atom stereocenters. The molecule has 4 heterocycles. The third-order valence-corrected chi connectivity index (χ3v) is 8.77. The topological polar surface area (TPSA) is 92.5 Å². The number of nitrogens with two attached hydrogens (primary N) is 1. The van der Waals surface area contributed by atoms with E-state index in [9.17, 15) is 14.3 Å². The van der Waals surface area contributed by atoms with Crippen LogP contribution in [0.25, 0.3) is 27.9 Å². The molecule has 2 aromatic carbocycles. The number of hydrogen-bond donors (Lipinski definition) is 2. The fraction of sp³-hybridized carbons (Fsp3) is 0.333. The van der Waals surface area contributed by atoms with Crippen LogP contribution in [0.5, 0.6) is 5.75 Å². The summed E-state index contributed by atoms with van der Waals surface area (Å²) in [4.78, 5) is 21.6. The normalized spacial score (nSPS) is 19.1. The maximum Gasteiger partial charge on any atom is 0.332 e. The molecule has 8 nitrogen and oxygen atoms in total. The molecule has 2 aliphatic heterocycles. The van der Waals surface area contributed by atoms with Crippen LogP contribution in [0.4, 0.5) is 15.9 Å². The van der Waals surface area contributed by atoms with Gasteiger partial charge < -0.3 is 20.3 Å². The Labute approximate surface area is 237 Å². The molecule has 1 spiro atoms. The van der Waals surface area contributed by atoms with Crippen LogP contribution in [-0.4, -0.2) is 55.3 Å². The average Bonchev–Trinajstić information content (AvgIpc) is 3.50. The van der Waals surface area contributed by atoms with Crippen LogP contribution >= 0.6 is 11.6 Å². The van der Waals surface area contributed by atoms with Gasteiger partial charge in [0.15, 0.2) is 0 Å². The first kappa shape index (κ1) is 26.4. The molecular weight excluding hydrogens is 531 g/mol. The highest BCUT2D eigenvalue weighted by atomic mass is 35.5. The van der Waals surface area contributed by atoms with E-state index in [-0.39, 0.29) is 22.5 Å². The standard InChI is InChI=1S/C30H32ClFN6O2/c1-18(2)38-9-7-30(38)6-8-36(17-30)26-13-20(16-34-28(26)33)23-15-21(32)14-22(27(23)39)19-4-5-25(24(31)12-19)37-11-10-35(3)29(37)40/h4-5,10-16,18,39H,6-9,17H2,1-3H3,(H2,33,34). The smallest absolute Gasteiger partial charge is 0.332 e.